The summed E-state index contributed by atoms with van der Waals surface area (Å²) in [4.78, 5) is 12.0. The number of ketones is 1. The number of rotatable bonds is 5. The predicted octanol–water partition coefficient (Wildman–Crippen LogP) is 7.37. The van der Waals surface area contributed by atoms with E-state index in [1.54, 1.807) is 0 Å². The molecule has 0 aromatic carbocycles. The van der Waals surface area contributed by atoms with Gasteiger partial charge in [0.25, 0.3) is 0 Å². The molecule has 0 spiro atoms. The van der Waals surface area contributed by atoms with E-state index in [9.17, 15) is 4.79 Å². The first-order valence-electron chi connectivity index (χ1n) is 12.2. The van der Waals surface area contributed by atoms with Crippen molar-refractivity contribution < 1.29 is 4.79 Å². The van der Waals surface area contributed by atoms with E-state index in [-0.39, 0.29) is 5.41 Å². The smallest absolute Gasteiger partial charge is 0.156 e. The highest BCUT2D eigenvalue weighted by Gasteiger charge is 2.58. The van der Waals surface area contributed by atoms with Crippen molar-refractivity contribution >= 4 is 5.78 Å². The largest absolute Gasteiger partial charge is 0.295 e. The number of carbonyl (C=O) groups is 1. The van der Waals surface area contributed by atoms with Crippen LogP contribution in [0.5, 0.6) is 0 Å². The van der Waals surface area contributed by atoms with Crippen molar-refractivity contribution in [1.29, 1.82) is 0 Å². The molecule has 1 nitrogen and oxygen atoms in total. The van der Waals surface area contributed by atoms with Crippen molar-refractivity contribution in [2.24, 2.45) is 46.3 Å². The minimum absolute atomic E-state index is 0.246. The SMILES string of the molecule is CC(C)CCC[C@@H](C)[C@H]1CC[C@@H]2[C@@H]3C=CC4=CC(=O)CC[C@]4(C)[C@@H]3CC[C@@]21C. The standard InChI is InChI=1S/C27H42O/c1-18(2)7-6-8-19(3)23-11-12-24-22-10-9-20-17-21(28)13-15-26(20,4)25(22)14-16-27(23,24)5/h9-10,17-19,22-25H,6-8,11-16H2,1-5H3/t19-,22+,23-,24-,25-,26+,27-/m1/s1. The van der Waals surface area contributed by atoms with Gasteiger partial charge >= 0.3 is 0 Å². The Balaban J connectivity index is 1.53. The fourth-order valence-corrected chi connectivity index (χ4v) is 8.02. The van der Waals surface area contributed by atoms with E-state index < -0.39 is 0 Å². The molecule has 7 atom stereocenters. The number of carbonyl (C=O) groups excluding carboxylic acids is 1. The Morgan fingerprint density at radius 2 is 1.82 bits per heavy atom. The second-order valence-corrected chi connectivity index (χ2v) is 11.7. The molecule has 0 unspecified atom stereocenters. The Labute approximate surface area is 173 Å². The molecule has 0 N–H and O–H groups in total. The molecule has 0 aliphatic heterocycles. The maximum Gasteiger partial charge on any atom is 0.156 e. The summed E-state index contributed by atoms with van der Waals surface area (Å²) in [7, 11) is 0. The summed E-state index contributed by atoms with van der Waals surface area (Å²) < 4.78 is 0. The van der Waals surface area contributed by atoms with E-state index in [0.717, 1.165) is 48.3 Å². The van der Waals surface area contributed by atoms with Gasteiger partial charge in [-0.2, -0.15) is 0 Å². The van der Waals surface area contributed by atoms with E-state index in [2.05, 4.69) is 46.8 Å². The van der Waals surface area contributed by atoms with Crippen LogP contribution < -0.4 is 0 Å². The molecule has 2 fully saturated rings. The molecule has 4 aliphatic carbocycles. The average molecular weight is 383 g/mol. The fourth-order valence-electron chi connectivity index (χ4n) is 8.02. The van der Waals surface area contributed by atoms with Gasteiger partial charge in [0, 0.05) is 6.42 Å². The summed E-state index contributed by atoms with van der Waals surface area (Å²) in [5.74, 6) is 5.32. The molecule has 0 aromatic heterocycles. The first kappa shape index (κ1) is 20.4. The van der Waals surface area contributed by atoms with Crippen LogP contribution in [0.2, 0.25) is 0 Å². The van der Waals surface area contributed by atoms with Crippen LogP contribution in [-0.4, -0.2) is 5.78 Å². The summed E-state index contributed by atoms with van der Waals surface area (Å²) in [6.07, 6.45) is 18.5. The van der Waals surface area contributed by atoms with E-state index in [4.69, 9.17) is 0 Å². The van der Waals surface area contributed by atoms with Gasteiger partial charge in [0.05, 0.1) is 0 Å². The molecule has 156 valence electrons. The van der Waals surface area contributed by atoms with E-state index in [1.807, 2.05) is 6.08 Å². The highest BCUT2D eigenvalue weighted by Crippen LogP contribution is 2.66. The molecule has 4 rings (SSSR count). The van der Waals surface area contributed by atoms with E-state index in [0.29, 0.717) is 11.2 Å². The third-order valence-electron chi connectivity index (χ3n) is 9.72. The average Bonchev–Trinajstić information content (AvgIpc) is 2.99. The number of fused-ring (bicyclic) bond motifs is 5. The summed E-state index contributed by atoms with van der Waals surface area (Å²) >= 11 is 0. The Morgan fingerprint density at radius 1 is 1.04 bits per heavy atom. The van der Waals surface area contributed by atoms with Crippen LogP contribution in [0.25, 0.3) is 0 Å². The zero-order valence-corrected chi connectivity index (χ0v) is 19.0. The summed E-state index contributed by atoms with van der Waals surface area (Å²) in [5, 5.41) is 0. The number of allylic oxidation sites excluding steroid dienone is 4. The van der Waals surface area contributed by atoms with Gasteiger partial charge in [0.15, 0.2) is 5.78 Å². The normalized spacial score (nSPS) is 43.4. The molecule has 0 aromatic rings. The van der Waals surface area contributed by atoms with Gasteiger partial charge in [-0.3, -0.25) is 4.79 Å². The molecule has 0 heterocycles. The molecule has 1 heteroatoms. The highest BCUT2D eigenvalue weighted by molar-refractivity contribution is 5.92. The van der Waals surface area contributed by atoms with Gasteiger partial charge in [-0.25, -0.2) is 0 Å². The van der Waals surface area contributed by atoms with Crippen LogP contribution in [-0.2, 0) is 4.79 Å². The maximum absolute atomic E-state index is 12.0. The molecular formula is C27H42O. The van der Waals surface area contributed by atoms with E-state index >= 15 is 0 Å². The molecule has 0 radical (unpaired) electrons. The van der Waals surface area contributed by atoms with Gasteiger partial charge in [-0.05, 0) is 90.1 Å². The van der Waals surface area contributed by atoms with Gasteiger partial charge in [0.1, 0.15) is 0 Å². The lowest BCUT2D eigenvalue weighted by atomic mass is 9.48. The van der Waals surface area contributed by atoms with Crippen LogP contribution in [0.4, 0.5) is 0 Å². The summed E-state index contributed by atoms with van der Waals surface area (Å²) in [5.41, 5.74) is 2.12. The Morgan fingerprint density at radius 3 is 2.57 bits per heavy atom. The zero-order valence-electron chi connectivity index (χ0n) is 19.0. The van der Waals surface area contributed by atoms with Crippen LogP contribution in [0.3, 0.4) is 0 Å². The maximum atomic E-state index is 12.0. The lowest BCUT2D eigenvalue weighted by molar-refractivity contribution is -0.116. The van der Waals surface area contributed by atoms with Gasteiger partial charge in [-0.1, -0.05) is 66.0 Å². The summed E-state index contributed by atoms with van der Waals surface area (Å²) in [6.45, 7) is 12.4. The van der Waals surface area contributed by atoms with Gasteiger partial charge in [0.2, 0.25) is 0 Å². The molecule has 28 heavy (non-hydrogen) atoms. The zero-order chi connectivity index (χ0) is 20.1. The van der Waals surface area contributed by atoms with Crippen molar-refractivity contribution in [3.8, 4) is 0 Å². The van der Waals surface area contributed by atoms with Crippen molar-refractivity contribution in [1.82, 2.24) is 0 Å². The summed E-state index contributed by atoms with van der Waals surface area (Å²) in [6, 6.07) is 0. The second-order valence-electron chi connectivity index (χ2n) is 11.7. The topological polar surface area (TPSA) is 17.1 Å². The first-order valence-corrected chi connectivity index (χ1v) is 12.2. The third kappa shape index (κ3) is 3.25. The van der Waals surface area contributed by atoms with Gasteiger partial charge in [-0.15, -0.1) is 0 Å². The lowest BCUT2D eigenvalue weighted by Crippen LogP contribution is -2.49. The number of hydrogen-bond donors (Lipinski definition) is 0. The monoisotopic (exact) mass is 382 g/mol. The minimum atomic E-state index is 0.246. The molecule has 0 bridgehead atoms. The minimum Gasteiger partial charge on any atom is -0.295 e. The third-order valence-corrected chi connectivity index (χ3v) is 9.72. The molecule has 4 aliphatic rings. The van der Waals surface area contributed by atoms with Crippen LogP contribution >= 0.6 is 0 Å². The van der Waals surface area contributed by atoms with Crippen molar-refractivity contribution in [3.05, 3.63) is 23.8 Å². The Bertz CT molecular complexity index is 670. The highest BCUT2D eigenvalue weighted by atomic mass is 16.1. The van der Waals surface area contributed by atoms with Crippen LogP contribution in [0.15, 0.2) is 23.8 Å². The number of hydrogen-bond acceptors (Lipinski definition) is 1. The molecule has 0 saturated heterocycles. The fraction of sp³-hybridized carbons (Fsp3) is 0.815. The lowest BCUT2D eigenvalue weighted by Gasteiger charge is -2.56. The van der Waals surface area contributed by atoms with Crippen molar-refractivity contribution in [2.45, 2.75) is 92.4 Å². The molecule has 0 amide bonds. The van der Waals surface area contributed by atoms with Gasteiger partial charge < -0.3 is 0 Å². The van der Waals surface area contributed by atoms with Crippen LogP contribution in [0.1, 0.15) is 92.4 Å². The first-order chi connectivity index (χ1) is 13.3. The molecule has 2 saturated carbocycles. The predicted molar refractivity (Wildman–Crippen MR) is 118 cm³/mol. The molecular weight excluding hydrogens is 340 g/mol. The quantitative estimate of drug-likeness (QED) is 0.485. The Hall–Kier alpha value is -0.850. The van der Waals surface area contributed by atoms with Crippen molar-refractivity contribution in [2.75, 3.05) is 0 Å². The van der Waals surface area contributed by atoms with Crippen molar-refractivity contribution in [3.63, 3.8) is 0 Å². The second kappa shape index (κ2) is 7.44. The Kier molecular flexibility index (Phi) is 5.43. The van der Waals surface area contributed by atoms with Crippen LogP contribution in [0, 0.1) is 46.3 Å². The van der Waals surface area contributed by atoms with E-state index in [1.165, 1.54) is 50.5 Å².